The maximum absolute atomic E-state index is 13.9. The quantitative estimate of drug-likeness (QED) is 0.286. The van der Waals surface area contributed by atoms with Gasteiger partial charge in [0.05, 0.1) is 11.6 Å². The first kappa shape index (κ1) is 24.1. The number of nitrogens with zero attached hydrogens (tertiary/aromatic N) is 1. The molecule has 0 saturated heterocycles. The van der Waals surface area contributed by atoms with Gasteiger partial charge in [0.2, 0.25) is 0 Å². The Kier molecular flexibility index (Phi) is 8.31. The van der Waals surface area contributed by atoms with Crippen molar-refractivity contribution in [3.63, 3.8) is 0 Å². The van der Waals surface area contributed by atoms with Crippen LogP contribution in [0.15, 0.2) is 66.2 Å². The summed E-state index contributed by atoms with van der Waals surface area (Å²) < 4.78 is 25.3. The highest BCUT2D eigenvalue weighted by atomic mass is 35.5. The van der Waals surface area contributed by atoms with E-state index in [0.717, 1.165) is 0 Å². The third-order valence-electron chi connectivity index (χ3n) is 4.44. The summed E-state index contributed by atoms with van der Waals surface area (Å²) in [5.74, 6) is -0.434. The molecule has 3 aromatic carbocycles. The fraction of sp³-hybridized carbons (Fsp3) is 0.120. The number of hydrogen-bond acceptors (Lipinski definition) is 4. The number of nitriles is 1. The Bertz CT molecular complexity index is 1220. The zero-order valence-electron chi connectivity index (χ0n) is 17.6. The lowest BCUT2D eigenvalue weighted by molar-refractivity contribution is -0.112. The molecule has 0 spiro atoms. The summed E-state index contributed by atoms with van der Waals surface area (Å²) in [5.41, 5.74) is 1.19. The summed E-state index contributed by atoms with van der Waals surface area (Å²) in [6.07, 6.45) is 1.39. The van der Waals surface area contributed by atoms with E-state index in [4.69, 9.17) is 32.7 Å². The van der Waals surface area contributed by atoms with Crippen molar-refractivity contribution in [3.8, 4) is 17.6 Å². The number of halogens is 3. The summed E-state index contributed by atoms with van der Waals surface area (Å²) in [6.45, 7) is 2.06. The number of anilines is 1. The molecule has 168 valence electrons. The molecule has 0 aliphatic rings. The highest BCUT2D eigenvalue weighted by molar-refractivity contribution is 6.32. The van der Waals surface area contributed by atoms with Gasteiger partial charge >= 0.3 is 0 Å². The Morgan fingerprint density at radius 3 is 2.52 bits per heavy atom. The van der Waals surface area contributed by atoms with Crippen LogP contribution in [0.2, 0.25) is 10.0 Å². The molecule has 33 heavy (non-hydrogen) atoms. The maximum atomic E-state index is 13.9. The van der Waals surface area contributed by atoms with E-state index in [9.17, 15) is 14.4 Å². The Hall–Kier alpha value is -3.53. The number of rotatable bonds is 8. The van der Waals surface area contributed by atoms with E-state index in [1.165, 1.54) is 18.2 Å². The summed E-state index contributed by atoms with van der Waals surface area (Å²) >= 11 is 12.3. The maximum Gasteiger partial charge on any atom is 0.266 e. The molecule has 1 amide bonds. The molecular formula is C25H19Cl2FN2O3. The number of benzene rings is 3. The highest BCUT2D eigenvalue weighted by Crippen LogP contribution is 2.38. The largest absolute Gasteiger partial charge is 0.490 e. The van der Waals surface area contributed by atoms with Gasteiger partial charge in [-0.05, 0) is 61.0 Å². The molecule has 3 rings (SSSR count). The van der Waals surface area contributed by atoms with E-state index in [1.807, 2.05) is 6.07 Å². The van der Waals surface area contributed by atoms with Crippen LogP contribution >= 0.6 is 23.2 Å². The van der Waals surface area contributed by atoms with Gasteiger partial charge in [0.25, 0.3) is 5.91 Å². The Morgan fingerprint density at radius 1 is 1.12 bits per heavy atom. The first-order chi connectivity index (χ1) is 15.9. The second kappa shape index (κ2) is 11.4. The van der Waals surface area contributed by atoms with Crippen molar-refractivity contribution >= 4 is 40.9 Å². The van der Waals surface area contributed by atoms with Crippen molar-refractivity contribution < 1.29 is 18.7 Å². The van der Waals surface area contributed by atoms with Gasteiger partial charge < -0.3 is 14.8 Å². The van der Waals surface area contributed by atoms with E-state index < -0.39 is 11.7 Å². The van der Waals surface area contributed by atoms with Crippen molar-refractivity contribution in [2.45, 2.75) is 13.5 Å². The second-order valence-corrected chi connectivity index (χ2v) is 7.62. The fourth-order valence-corrected chi connectivity index (χ4v) is 3.29. The van der Waals surface area contributed by atoms with Crippen molar-refractivity contribution in [2.24, 2.45) is 0 Å². The molecule has 0 bridgehead atoms. The van der Waals surface area contributed by atoms with Crippen LogP contribution in [0.25, 0.3) is 6.08 Å². The van der Waals surface area contributed by atoms with Gasteiger partial charge in [0, 0.05) is 16.3 Å². The van der Waals surface area contributed by atoms with Crippen molar-refractivity contribution in [2.75, 3.05) is 11.9 Å². The van der Waals surface area contributed by atoms with E-state index >= 15 is 0 Å². The summed E-state index contributed by atoms with van der Waals surface area (Å²) in [7, 11) is 0. The second-order valence-electron chi connectivity index (χ2n) is 6.77. The average Bonchev–Trinajstić information content (AvgIpc) is 2.79. The molecule has 0 radical (unpaired) electrons. The molecule has 0 aliphatic carbocycles. The summed E-state index contributed by atoms with van der Waals surface area (Å²) in [6, 6.07) is 17.8. The minimum Gasteiger partial charge on any atom is -0.490 e. The number of nitrogens with one attached hydrogen (secondary N) is 1. The molecule has 0 unspecified atom stereocenters. The third-order valence-corrected chi connectivity index (χ3v) is 4.97. The summed E-state index contributed by atoms with van der Waals surface area (Å²) in [4.78, 5) is 12.5. The van der Waals surface area contributed by atoms with Crippen LogP contribution in [0, 0.1) is 17.1 Å². The molecular weight excluding hydrogens is 466 g/mol. The van der Waals surface area contributed by atoms with Crippen LogP contribution in [-0.4, -0.2) is 12.5 Å². The highest BCUT2D eigenvalue weighted by Gasteiger charge is 2.15. The number of carbonyl (C=O) groups is 1. The SMILES string of the molecule is CCOc1cc(/C=C(\C#N)C(=O)Nc2ccc(Cl)cc2)cc(Cl)c1OCc1ccccc1F. The Balaban J connectivity index is 1.85. The van der Waals surface area contributed by atoms with Gasteiger partial charge in [-0.3, -0.25) is 4.79 Å². The molecule has 0 aromatic heterocycles. The predicted octanol–water partition coefficient (Wildman–Crippen LogP) is 6.66. The lowest BCUT2D eigenvalue weighted by atomic mass is 10.1. The third kappa shape index (κ3) is 6.48. The Morgan fingerprint density at radius 2 is 1.85 bits per heavy atom. The fourth-order valence-electron chi connectivity index (χ4n) is 2.89. The van der Waals surface area contributed by atoms with Gasteiger partial charge in [-0.25, -0.2) is 4.39 Å². The minimum absolute atomic E-state index is 0.0470. The first-order valence-electron chi connectivity index (χ1n) is 9.92. The monoisotopic (exact) mass is 484 g/mol. The zero-order valence-corrected chi connectivity index (χ0v) is 19.1. The van der Waals surface area contributed by atoms with Crippen LogP contribution in [0.1, 0.15) is 18.1 Å². The van der Waals surface area contributed by atoms with Gasteiger partial charge in [-0.2, -0.15) is 5.26 Å². The van der Waals surface area contributed by atoms with Gasteiger partial charge in [0.1, 0.15) is 24.1 Å². The molecule has 8 heteroatoms. The number of hydrogen-bond donors (Lipinski definition) is 1. The van der Waals surface area contributed by atoms with Crippen LogP contribution < -0.4 is 14.8 Å². The van der Waals surface area contributed by atoms with Crippen molar-refractivity contribution in [1.29, 1.82) is 5.26 Å². The standard InChI is InChI=1S/C25H19Cl2FN2O3/c1-2-32-23-13-16(11-18(14-29)25(31)30-20-9-7-19(26)8-10-20)12-21(27)24(23)33-15-17-5-3-4-6-22(17)28/h3-13H,2,15H2,1H3,(H,30,31)/b18-11+. The Labute approximate surface area is 201 Å². The molecule has 1 N–H and O–H groups in total. The normalized spacial score (nSPS) is 10.9. The van der Waals surface area contributed by atoms with Gasteiger partial charge in [-0.1, -0.05) is 41.4 Å². The predicted molar refractivity (Wildman–Crippen MR) is 127 cm³/mol. The van der Waals surface area contributed by atoms with Crippen LogP contribution in [0.4, 0.5) is 10.1 Å². The van der Waals surface area contributed by atoms with Crippen molar-refractivity contribution in [1.82, 2.24) is 0 Å². The van der Waals surface area contributed by atoms with E-state index in [1.54, 1.807) is 55.5 Å². The number of carbonyl (C=O) groups excluding carboxylic acids is 1. The van der Waals surface area contributed by atoms with E-state index in [-0.39, 0.29) is 23.0 Å². The van der Waals surface area contributed by atoms with Crippen LogP contribution in [0.5, 0.6) is 11.5 Å². The van der Waals surface area contributed by atoms with E-state index in [2.05, 4.69) is 5.32 Å². The minimum atomic E-state index is -0.589. The summed E-state index contributed by atoms with van der Waals surface area (Å²) in [5, 5.41) is 12.8. The van der Waals surface area contributed by atoms with Gasteiger partial charge in [-0.15, -0.1) is 0 Å². The zero-order chi connectivity index (χ0) is 23.8. The first-order valence-corrected chi connectivity index (χ1v) is 10.7. The molecule has 0 atom stereocenters. The smallest absolute Gasteiger partial charge is 0.266 e. The van der Waals surface area contributed by atoms with E-state index in [0.29, 0.717) is 34.2 Å². The van der Waals surface area contributed by atoms with Crippen LogP contribution in [0.3, 0.4) is 0 Å². The molecule has 0 aliphatic heterocycles. The van der Waals surface area contributed by atoms with Crippen molar-refractivity contribution in [3.05, 3.63) is 93.2 Å². The van der Waals surface area contributed by atoms with Crippen LogP contribution in [-0.2, 0) is 11.4 Å². The molecule has 0 saturated carbocycles. The number of amides is 1. The lowest BCUT2D eigenvalue weighted by Gasteiger charge is -2.15. The molecule has 0 fully saturated rings. The molecule has 3 aromatic rings. The topological polar surface area (TPSA) is 71.3 Å². The molecule has 5 nitrogen and oxygen atoms in total. The molecule has 0 heterocycles. The lowest BCUT2D eigenvalue weighted by Crippen LogP contribution is -2.13. The average molecular weight is 485 g/mol. The van der Waals surface area contributed by atoms with Gasteiger partial charge in [0.15, 0.2) is 11.5 Å². The number of ether oxygens (including phenoxy) is 2.